The third-order valence-electron chi connectivity index (χ3n) is 5.35. The Bertz CT molecular complexity index is 1610. The maximum atomic E-state index is 12.9. The molecule has 4 aromatic rings. The average molecular weight is 553 g/mol. The van der Waals surface area contributed by atoms with Crippen LogP contribution in [0.3, 0.4) is 0 Å². The van der Waals surface area contributed by atoms with Crippen molar-refractivity contribution in [1.82, 2.24) is 4.72 Å². The number of carbonyl (C=O) groups is 1. The fourth-order valence-corrected chi connectivity index (χ4v) is 6.22. The molecule has 0 radical (unpaired) electrons. The van der Waals surface area contributed by atoms with Gasteiger partial charge in [-0.3, -0.25) is 9.52 Å². The van der Waals surface area contributed by atoms with Gasteiger partial charge in [0.1, 0.15) is 11.5 Å². The van der Waals surface area contributed by atoms with Crippen molar-refractivity contribution in [2.24, 2.45) is 0 Å². The van der Waals surface area contributed by atoms with E-state index in [1.807, 2.05) is 36.4 Å². The van der Waals surface area contributed by atoms with Crippen LogP contribution in [0.25, 0.3) is 0 Å². The number of sulfonamides is 2. The van der Waals surface area contributed by atoms with Gasteiger partial charge in [0.05, 0.1) is 5.69 Å². The summed E-state index contributed by atoms with van der Waals surface area (Å²) in [7, 11) is -9.95. The monoisotopic (exact) mass is 552 g/mol. The van der Waals surface area contributed by atoms with E-state index in [0.29, 0.717) is 17.1 Å². The molecule has 4 rings (SSSR count). The highest BCUT2D eigenvalue weighted by Crippen LogP contribution is 2.29. The molecule has 9 nitrogen and oxygen atoms in total. The molecule has 0 heterocycles. The summed E-state index contributed by atoms with van der Waals surface area (Å²) in [6.07, 6.45) is 0.276. The molecule has 0 aromatic heterocycles. The summed E-state index contributed by atoms with van der Waals surface area (Å²) in [5.74, 6) is -0.0810. The number of aliphatic hydroxyl groups excluding tert-OH is 1. The van der Waals surface area contributed by atoms with Crippen molar-refractivity contribution in [1.29, 1.82) is 0 Å². The van der Waals surface area contributed by atoms with Crippen molar-refractivity contribution in [2.45, 2.75) is 11.2 Å². The first-order valence-corrected chi connectivity index (χ1v) is 14.4. The molecular weight excluding hydrogens is 528 g/mol. The van der Waals surface area contributed by atoms with E-state index in [1.165, 1.54) is 36.4 Å². The van der Waals surface area contributed by atoms with E-state index >= 15 is 0 Å². The number of anilines is 1. The number of hydrogen-bond acceptors (Lipinski definition) is 7. The molecular formula is C27H24N2O7S2. The standard InChI is InChI=1S/C27H24N2O7S2/c30-26(21-12-6-2-7-13-21)29-38(34,35)27(31)37(32,33)28-25-17-16-24(36-23-14-8-3-9-15-23)19-22(25)18-20-10-4-1-5-11-20/h1-17,19,27-28,31H,18H2,(H,29,30). The second kappa shape index (κ2) is 11.5. The van der Waals surface area contributed by atoms with Gasteiger partial charge in [-0.2, -0.15) is 0 Å². The van der Waals surface area contributed by atoms with E-state index in [0.717, 1.165) is 5.56 Å². The van der Waals surface area contributed by atoms with E-state index in [-0.39, 0.29) is 17.7 Å². The van der Waals surface area contributed by atoms with Gasteiger partial charge in [-0.1, -0.05) is 66.7 Å². The summed E-state index contributed by atoms with van der Waals surface area (Å²) in [4.78, 5) is 12.3. The number of ether oxygens (including phenoxy) is 1. The van der Waals surface area contributed by atoms with Crippen LogP contribution >= 0.6 is 0 Å². The zero-order valence-corrected chi connectivity index (χ0v) is 21.5. The first-order valence-electron chi connectivity index (χ1n) is 11.3. The number of para-hydroxylation sites is 1. The van der Waals surface area contributed by atoms with Gasteiger partial charge in [-0.15, -0.1) is 0 Å². The number of carbonyl (C=O) groups excluding carboxylic acids is 1. The van der Waals surface area contributed by atoms with Crippen molar-refractivity contribution >= 4 is 31.6 Å². The van der Waals surface area contributed by atoms with Crippen molar-refractivity contribution in [3.63, 3.8) is 0 Å². The van der Waals surface area contributed by atoms with Crippen LogP contribution in [0.2, 0.25) is 0 Å². The van der Waals surface area contributed by atoms with E-state index in [9.17, 15) is 26.7 Å². The van der Waals surface area contributed by atoms with Gasteiger partial charge < -0.3 is 9.84 Å². The molecule has 3 N–H and O–H groups in total. The summed E-state index contributed by atoms with van der Waals surface area (Å²) >= 11 is 0. The lowest BCUT2D eigenvalue weighted by Crippen LogP contribution is -2.44. The summed E-state index contributed by atoms with van der Waals surface area (Å²) < 4.78 is 57.6. The molecule has 1 amide bonds. The molecule has 1 atom stereocenters. The lowest BCUT2D eigenvalue weighted by molar-refractivity contribution is 0.0980. The maximum Gasteiger partial charge on any atom is 0.296 e. The largest absolute Gasteiger partial charge is 0.457 e. The maximum absolute atomic E-state index is 12.9. The van der Waals surface area contributed by atoms with Crippen LogP contribution in [0, 0.1) is 0 Å². The molecule has 0 bridgehead atoms. The summed E-state index contributed by atoms with van der Waals surface area (Å²) in [5.41, 5.74) is 1.34. The topological polar surface area (TPSA) is 139 Å². The summed E-state index contributed by atoms with van der Waals surface area (Å²) in [6.45, 7) is 0. The molecule has 0 fully saturated rings. The van der Waals surface area contributed by atoms with E-state index < -0.39 is 30.7 Å². The molecule has 4 aromatic carbocycles. The zero-order chi connectivity index (χ0) is 27.2. The normalized spacial score (nSPS) is 12.3. The Morgan fingerprint density at radius 3 is 1.95 bits per heavy atom. The van der Waals surface area contributed by atoms with Crippen molar-refractivity contribution in [3.8, 4) is 11.5 Å². The van der Waals surface area contributed by atoms with Crippen molar-refractivity contribution in [3.05, 3.63) is 126 Å². The first-order chi connectivity index (χ1) is 18.1. The smallest absolute Gasteiger partial charge is 0.296 e. The predicted octanol–water partition coefficient (Wildman–Crippen LogP) is 3.85. The number of amides is 1. The molecule has 0 saturated heterocycles. The molecule has 0 spiro atoms. The highest BCUT2D eigenvalue weighted by Gasteiger charge is 2.38. The molecule has 0 aliphatic heterocycles. The number of nitrogens with one attached hydrogen (secondary N) is 2. The van der Waals surface area contributed by atoms with E-state index in [4.69, 9.17) is 4.74 Å². The Balaban J connectivity index is 1.60. The molecule has 1 unspecified atom stereocenters. The Morgan fingerprint density at radius 2 is 1.32 bits per heavy atom. The Morgan fingerprint density at radius 1 is 0.737 bits per heavy atom. The molecule has 38 heavy (non-hydrogen) atoms. The Kier molecular flexibility index (Phi) is 8.10. The highest BCUT2D eigenvalue weighted by molar-refractivity contribution is 8.08. The lowest BCUT2D eigenvalue weighted by atomic mass is 10.0. The van der Waals surface area contributed by atoms with E-state index in [1.54, 1.807) is 41.1 Å². The van der Waals surface area contributed by atoms with Crippen LogP contribution in [0.15, 0.2) is 109 Å². The van der Waals surface area contributed by atoms with Gasteiger partial charge in [0.2, 0.25) is 0 Å². The fourth-order valence-electron chi connectivity index (χ4n) is 3.52. The predicted molar refractivity (Wildman–Crippen MR) is 144 cm³/mol. The van der Waals surface area contributed by atoms with Crippen LogP contribution in [0.4, 0.5) is 5.69 Å². The third kappa shape index (κ3) is 6.76. The van der Waals surface area contributed by atoms with Crippen LogP contribution in [-0.4, -0.2) is 32.6 Å². The number of hydrogen-bond donors (Lipinski definition) is 3. The zero-order valence-electron chi connectivity index (χ0n) is 19.9. The number of rotatable bonds is 10. The van der Waals surface area contributed by atoms with Crippen LogP contribution in [0.1, 0.15) is 21.5 Å². The van der Waals surface area contributed by atoms with Crippen LogP contribution in [-0.2, 0) is 26.5 Å². The molecule has 0 saturated carbocycles. The van der Waals surface area contributed by atoms with Gasteiger partial charge in [-0.25, -0.2) is 21.6 Å². The highest BCUT2D eigenvalue weighted by atomic mass is 32.3. The number of benzene rings is 4. The molecule has 0 aliphatic carbocycles. The van der Waals surface area contributed by atoms with Gasteiger partial charge in [-0.05, 0) is 60.0 Å². The number of aliphatic hydroxyl groups is 1. The van der Waals surface area contributed by atoms with Gasteiger partial charge >= 0.3 is 0 Å². The fraction of sp³-hybridized carbons (Fsp3) is 0.0741. The molecule has 11 heteroatoms. The third-order valence-corrected chi connectivity index (χ3v) is 8.90. The van der Waals surface area contributed by atoms with Gasteiger partial charge in [0.15, 0.2) is 0 Å². The second-order valence-electron chi connectivity index (χ2n) is 8.19. The van der Waals surface area contributed by atoms with Gasteiger partial charge in [0.25, 0.3) is 30.7 Å². The molecule has 196 valence electrons. The first kappa shape index (κ1) is 26.9. The summed E-state index contributed by atoms with van der Waals surface area (Å²) in [6, 6.07) is 30.1. The lowest BCUT2D eigenvalue weighted by Gasteiger charge is -2.18. The van der Waals surface area contributed by atoms with Crippen LogP contribution < -0.4 is 14.2 Å². The second-order valence-corrected chi connectivity index (χ2v) is 12.0. The average Bonchev–Trinajstić information content (AvgIpc) is 2.91. The quantitative estimate of drug-likeness (QED) is 0.272. The Labute approximate surface area is 220 Å². The van der Waals surface area contributed by atoms with Crippen molar-refractivity contribution < 1.29 is 31.5 Å². The summed E-state index contributed by atoms with van der Waals surface area (Å²) in [5, 5.41) is 10.3. The van der Waals surface area contributed by atoms with Crippen molar-refractivity contribution in [2.75, 3.05) is 4.72 Å². The minimum absolute atomic E-state index is 0.0206. The molecule has 0 aliphatic rings. The Hall–Kier alpha value is -4.19. The van der Waals surface area contributed by atoms with Crippen LogP contribution in [0.5, 0.6) is 11.5 Å². The minimum atomic E-state index is -5.03. The van der Waals surface area contributed by atoms with E-state index in [2.05, 4.69) is 4.72 Å². The SMILES string of the molecule is O=C(NS(=O)(=O)C(O)S(=O)(=O)Nc1ccc(Oc2ccccc2)cc1Cc1ccccc1)c1ccccc1. The minimum Gasteiger partial charge on any atom is -0.457 e. The van der Waals surface area contributed by atoms with Gasteiger partial charge in [0, 0.05) is 5.56 Å².